The molecule has 1 N–H and O–H groups in total. The molecule has 5 nitrogen and oxygen atoms in total. The molecule has 1 aromatic carbocycles. The summed E-state index contributed by atoms with van der Waals surface area (Å²) in [6, 6.07) is 9.42. The highest BCUT2D eigenvalue weighted by Gasteiger charge is 2.48. The number of carbonyl (C=O) groups is 1. The molecule has 0 saturated carbocycles. The lowest BCUT2D eigenvalue weighted by Crippen LogP contribution is -2.65. The van der Waals surface area contributed by atoms with Gasteiger partial charge < -0.3 is 14.7 Å². The molecule has 3 saturated heterocycles. The van der Waals surface area contributed by atoms with Crippen LogP contribution in [0.15, 0.2) is 24.3 Å². The number of hydrogen-bond acceptors (Lipinski definition) is 4. The average molecular weight is 387 g/mol. The summed E-state index contributed by atoms with van der Waals surface area (Å²) in [5.74, 6) is 1.79. The number of aliphatic hydroxyl groups is 1. The van der Waals surface area contributed by atoms with Crippen molar-refractivity contribution in [1.82, 2.24) is 9.80 Å². The Labute approximate surface area is 168 Å². The summed E-state index contributed by atoms with van der Waals surface area (Å²) in [6.07, 6.45) is 5.99. The lowest BCUT2D eigenvalue weighted by Gasteiger charge is -2.57. The fourth-order valence-corrected chi connectivity index (χ4v) is 5.78. The molecule has 3 heterocycles. The second-order valence-corrected chi connectivity index (χ2v) is 9.45. The third kappa shape index (κ3) is 3.79. The molecule has 28 heavy (non-hydrogen) atoms. The maximum atomic E-state index is 12.8. The van der Waals surface area contributed by atoms with Crippen molar-refractivity contribution >= 4 is 5.91 Å². The minimum absolute atomic E-state index is 0.119. The Morgan fingerprint density at radius 2 is 2.04 bits per heavy atom. The largest absolute Gasteiger partial charge is 0.497 e. The minimum Gasteiger partial charge on any atom is -0.497 e. The number of hydrogen-bond donors (Lipinski definition) is 1. The van der Waals surface area contributed by atoms with Crippen LogP contribution in [0.5, 0.6) is 5.75 Å². The van der Waals surface area contributed by atoms with E-state index in [2.05, 4.69) is 23.1 Å². The van der Waals surface area contributed by atoms with E-state index in [4.69, 9.17) is 4.74 Å². The van der Waals surface area contributed by atoms with E-state index in [9.17, 15) is 9.90 Å². The molecule has 3 aliphatic rings. The Hall–Kier alpha value is -1.59. The van der Waals surface area contributed by atoms with Crippen molar-refractivity contribution in [2.24, 2.45) is 11.8 Å². The first kappa shape index (κ1) is 19.7. The smallest absolute Gasteiger partial charge is 0.253 e. The first-order valence-corrected chi connectivity index (χ1v) is 10.8. The molecular formula is C23H34N2O3. The SMILES string of the molecule is COc1cccc(C[C@H]2[C@H]3C[C@H](CN(C(=O)C(C)(C)O)C3)[C@@H]3CCCCN32)c1. The third-order valence-corrected chi connectivity index (χ3v) is 7.01. The standard InChI is InChI=1S/C23H34N2O3/c1-23(2,27)22(26)24-14-17-13-18(15-24)21(25-10-5-4-9-20(17)25)12-16-7-6-8-19(11-16)28-3/h6-8,11,17-18,20-21,27H,4-5,9-10,12-15H2,1-3H3/t17-,18+,20+,21+/m1/s1. The fourth-order valence-electron chi connectivity index (χ4n) is 5.78. The highest BCUT2D eigenvalue weighted by Crippen LogP contribution is 2.42. The number of ether oxygens (including phenoxy) is 1. The molecule has 1 amide bonds. The number of benzene rings is 1. The number of piperidine rings is 3. The molecule has 2 bridgehead atoms. The van der Waals surface area contributed by atoms with Gasteiger partial charge in [0.05, 0.1) is 7.11 Å². The van der Waals surface area contributed by atoms with E-state index in [0.717, 1.165) is 25.3 Å². The number of rotatable bonds is 4. The van der Waals surface area contributed by atoms with E-state index in [1.165, 1.54) is 37.8 Å². The molecule has 154 valence electrons. The van der Waals surface area contributed by atoms with Crippen LogP contribution in [0.25, 0.3) is 0 Å². The van der Waals surface area contributed by atoms with Crippen LogP contribution < -0.4 is 4.74 Å². The van der Waals surface area contributed by atoms with Gasteiger partial charge in [-0.15, -0.1) is 0 Å². The highest BCUT2D eigenvalue weighted by atomic mass is 16.5. The summed E-state index contributed by atoms with van der Waals surface area (Å²) in [5, 5.41) is 10.3. The van der Waals surface area contributed by atoms with Crippen molar-refractivity contribution < 1.29 is 14.6 Å². The van der Waals surface area contributed by atoms with Crippen molar-refractivity contribution in [2.45, 2.75) is 63.6 Å². The van der Waals surface area contributed by atoms with Gasteiger partial charge in [-0.05, 0) is 75.6 Å². The normalized spacial score (nSPS) is 30.6. The van der Waals surface area contributed by atoms with Crippen LogP contribution in [0.2, 0.25) is 0 Å². The summed E-state index contributed by atoms with van der Waals surface area (Å²) in [7, 11) is 1.71. The Morgan fingerprint density at radius 3 is 2.79 bits per heavy atom. The van der Waals surface area contributed by atoms with Gasteiger partial charge in [0.15, 0.2) is 0 Å². The van der Waals surface area contributed by atoms with Crippen LogP contribution in [-0.2, 0) is 11.2 Å². The number of nitrogens with zero attached hydrogens (tertiary/aromatic N) is 2. The van der Waals surface area contributed by atoms with Gasteiger partial charge in [-0.3, -0.25) is 9.69 Å². The fraction of sp³-hybridized carbons (Fsp3) is 0.696. The van der Waals surface area contributed by atoms with Gasteiger partial charge in [-0.25, -0.2) is 0 Å². The highest BCUT2D eigenvalue weighted by molar-refractivity contribution is 5.84. The molecule has 4 rings (SSSR count). The Bertz CT molecular complexity index is 714. The van der Waals surface area contributed by atoms with Crippen molar-refractivity contribution in [2.75, 3.05) is 26.7 Å². The molecule has 0 spiro atoms. The van der Waals surface area contributed by atoms with Gasteiger partial charge in [0.2, 0.25) is 0 Å². The molecule has 0 aromatic heterocycles. The molecule has 0 unspecified atom stereocenters. The van der Waals surface area contributed by atoms with Crippen LogP contribution in [0.1, 0.15) is 45.1 Å². The van der Waals surface area contributed by atoms with Gasteiger partial charge in [-0.1, -0.05) is 18.6 Å². The zero-order valence-electron chi connectivity index (χ0n) is 17.4. The second-order valence-electron chi connectivity index (χ2n) is 9.45. The third-order valence-electron chi connectivity index (χ3n) is 7.01. The van der Waals surface area contributed by atoms with Crippen molar-refractivity contribution in [1.29, 1.82) is 0 Å². The van der Waals surface area contributed by atoms with E-state index in [0.29, 0.717) is 23.9 Å². The number of carbonyl (C=O) groups excluding carboxylic acids is 1. The quantitative estimate of drug-likeness (QED) is 0.865. The van der Waals surface area contributed by atoms with Crippen LogP contribution in [0.3, 0.4) is 0 Å². The second kappa shape index (κ2) is 7.68. The zero-order valence-corrected chi connectivity index (χ0v) is 17.4. The van der Waals surface area contributed by atoms with E-state index in [-0.39, 0.29) is 5.91 Å². The molecule has 3 fully saturated rings. The van der Waals surface area contributed by atoms with E-state index in [1.54, 1.807) is 21.0 Å². The molecule has 0 radical (unpaired) electrons. The van der Waals surface area contributed by atoms with Gasteiger partial charge >= 0.3 is 0 Å². The van der Waals surface area contributed by atoms with Gasteiger partial charge in [0.1, 0.15) is 11.4 Å². The van der Waals surface area contributed by atoms with Crippen molar-refractivity contribution in [3.63, 3.8) is 0 Å². The Morgan fingerprint density at radius 1 is 1.25 bits per heavy atom. The average Bonchev–Trinajstić information content (AvgIpc) is 2.70. The molecule has 3 aliphatic heterocycles. The van der Waals surface area contributed by atoms with E-state index < -0.39 is 5.60 Å². The molecular weight excluding hydrogens is 352 g/mol. The summed E-state index contributed by atoms with van der Waals surface area (Å²) < 4.78 is 5.42. The van der Waals surface area contributed by atoms with Gasteiger partial charge in [0, 0.05) is 25.2 Å². The van der Waals surface area contributed by atoms with Crippen LogP contribution >= 0.6 is 0 Å². The van der Waals surface area contributed by atoms with E-state index in [1.807, 2.05) is 11.0 Å². The first-order chi connectivity index (χ1) is 13.4. The van der Waals surface area contributed by atoms with Gasteiger partial charge in [-0.2, -0.15) is 0 Å². The summed E-state index contributed by atoms with van der Waals surface area (Å²) in [4.78, 5) is 17.5. The number of fused-ring (bicyclic) bond motifs is 4. The topological polar surface area (TPSA) is 53.0 Å². The van der Waals surface area contributed by atoms with Crippen molar-refractivity contribution in [3.05, 3.63) is 29.8 Å². The predicted octanol–water partition coefficient (Wildman–Crippen LogP) is 2.71. The first-order valence-electron chi connectivity index (χ1n) is 10.8. The summed E-state index contributed by atoms with van der Waals surface area (Å²) >= 11 is 0. The number of methoxy groups -OCH3 is 1. The monoisotopic (exact) mass is 386 g/mol. The molecule has 0 aliphatic carbocycles. The van der Waals surface area contributed by atoms with E-state index >= 15 is 0 Å². The summed E-state index contributed by atoms with van der Waals surface area (Å²) in [6.45, 7) is 5.95. The van der Waals surface area contributed by atoms with Crippen LogP contribution in [-0.4, -0.2) is 65.2 Å². The van der Waals surface area contributed by atoms with Gasteiger partial charge in [0.25, 0.3) is 5.91 Å². The maximum Gasteiger partial charge on any atom is 0.253 e. The molecule has 1 aromatic rings. The van der Waals surface area contributed by atoms with Crippen LogP contribution in [0.4, 0.5) is 0 Å². The minimum atomic E-state index is -1.29. The lowest BCUT2D eigenvalue weighted by atomic mass is 9.70. The molecule has 4 atom stereocenters. The lowest BCUT2D eigenvalue weighted by molar-refractivity contribution is -0.156. The van der Waals surface area contributed by atoms with Crippen LogP contribution in [0, 0.1) is 11.8 Å². The predicted molar refractivity (Wildman–Crippen MR) is 109 cm³/mol. The Balaban J connectivity index is 1.59. The maximum absolute atomic E-state index is 12.8. The zero-order chi connectivity index (χ0) is 19.9. The Kier molecular flexibility index (Phi) is 5.41. The summed E-state index contributed by atoms with van der Waals surface area (Å²) in [5.41, 5.74) is 0.0123. The number of amides is 1. The van der Waals surface area contributed by atoms with Crippen molar-refractivity contribution in [3.8, 4) is 5.75 Å². The molecule has 5 heteroatoms. The number of likely N-dealkylation sites (tertiary alicyclic amines) is 1.